The number of nitrogens with zero attached hydrogens (tertiary/aromatic N) is 2. The number of aliphatic hydroxyl groups excluding tert-OH is 1. The molecule has 0 radical (unpaired) electrons. The zero-order chi connectivity index (χ0) is 13.0. The van der Waals surface area contributed by atoms with Crippen LogP contribution in [0.3, 0.4) is 0 Å². The van der Waals surface area contributed by atoms with Crippen molar-refractivity contribution in [2.75, 3.05) is 26.7 Å². The fraction of sp³-hybridized carbons (Fsp3) is 0.786. The molecule has 1 saturated carbocycles. The predicted octanol–water partition coefficient (Wildman–Crippen LogP) is 1.36. The van der Waals surface area contributed by atoms with Crippen LogP contribution in [0.25, 0.3) is 0 Å². The summed E-state index contributed by atoms with van der Waals surface area (Å²) in [5, 5.41) is 9.09. The van der Waals surface area contributed by atoms with Crippen molar-refractivity contribution in [3.63, 3.8) is 0 Å². The van der Waals surface area contributed by atoms with Crippen LogP contribution in [0.15, 0.2) is 11.8 Å². The van der Waals surface area contributed by atoms with Gasteiger partial charge >= 0.3 is 0 Å². The first-order valence-corrected chi connectivity index (χ1v) is 7.03. The van der Waals surface area contributed by atoms with E-state index in [0.717, 1.165) is 25.0 Å². The van der Waals surface area contributed by atoms with Crippen LogP contribution >= 0.6 is 0 Å². The van der Waals surface area contributed by atoms with Crippen molar-refractivity contribution >= 4 is 5.91 Å². The molecular formula is C14H24N2O2. The lowest BCUT2D eigenvalue weighted by molar-refractivity contribution is -0.130. The number of aliphatic hydroxyl groups is 1. The van der Waals surface area contributed by atoms with Gasteiger partial charge in [0.1, 0.15) is 0 Å². The zero-order valence-corrected chi connectivity index (χ0v) is 11.3. The molecule has 1 fully saturated rings. The molecule has 4 heteroatoms. The van der Waals surface area contributed by atoms with E-state index in [1.165, 1.54) is 19.3 Å². The van der Waals surface area contributed by atoms with Crippen LogP contribution in [-0.4, -0.2) is 53.6 Å². The highest BCUT2D eigenvalue weighted by Crippen LogP contribution is 2.25. The topological polar surface area (TPSA) is 43.8 Å². The van der Waals surface area contributed by atoms with Crippen molar-refractivity contribution in [1.29, 1.82) is 0 Å². The maximum atomic E-state index is 12.2. The summed E-state index contributed by atoms with van der Waals surface area (Å²) >= 11 is 0. The number of rotatable bonds is 6. The number of likely N-dealkylation sites (N-methyl/N-ethyl adjacent to an activating group) is 1. The third-order valence-corrected chi connectivity index (χ3v) is 4.14. The van der Waals surface area contributed by atoms with E-state index < -0.39 is 0 Å². The summed E-state index contributed by atoms with van der Waals surface area (Å²) < 4.78 is 0. The van der Waals surface area contributed by atoms with Crippen LogP contribution in [0, 0.1) is 0 Å². The maximum absolute atomic E-state index is 12.2. The summed E-state index contributed by atoms with van der Waals surface area (Å²) in [6.07, 6.45) is 9.02. The number of hydrogen-bond acceptors (Lipinski definition) is 3. The smallest absolute Gasteiger partial charge is 0.240 e. The minimum absolute atomic E-state index is 0.135. The van der Waals surface area contributed by atoms with Crippen LogP contribution in [0.2, 0.25) is 0 Å². The Morgan fingerprint density at radius 2 is 2.22 bits per heavy atom. The van der Waals surface area contributed by atoms with Crippen LogP contribution in [0.1, 0.15) is 38.5 Å². The Labute approximate surface area is 109 Å². The highest BCUT2D eigenvalue weighted by Gasteiger charge is 2.27. The van der Waals surface area contributed by atoms with Gasteiger partial charge in [-0.25, -0.2) is 0 Å². The van der Waals surface area contributed by atoms with Gasteiger partial charge in [0.2, 0.25) is 5.91 Å². The van der Waals surface area contributed by atoms with Crippen molar-refractivity contribution in [3.05, 3.63) is 11.8 Å². The van der Waals surface area contributed by atoms with Crippen LogP contribution in [-0.2, 0) is 4.79 Å². The standard InChI is InChI=1S/C14H24N2O2/c1-15(12-5-2-3-6-12)14(18)11-16(9-10-17)13-7-4-8-13/h5,13,17H,2-4,6-11H2,1H3. The lowest BCUT2D eigenvalue weighted by Crippen LogP contribution is -2.47. The normalized spacial score (nSPS) is 19.8. The second-order valence-corrected chi connectivity index (χ2v) is 5.32. The molecular weight excluding hydrogens is 228 g/mol. The summed E-state index contributed by atoms with van der Waals surface area (Å²) in [5.74, 6) is 0.156. The molecule has 0 unspecified atom stereocenters. The number of allylic oxidation sites excluding steroid dienone is 2. The van der Waals surface area contributed by atoms with Gasteiger partial charge in [-0.2, -0.15) is 0 Å². The van der Waals surface area contributed by atoms with Gasteiger partial charge < -0.3 is 10.0 Å². The molecule has 0 bridgehead atoms. The van der Waals surface area contributed by atoms with E-state index in [0.29, 0.717) is 19.1 Å². The SMILES string of the molecule is CN(C(=O)CN(CCO)C1CCC1)C1=CCCC1. The average molecular weight is 252 g/mol. The van der Waals surface area contributed by atoms with Gasteiger partial charge in [0.05, 0.1) is 13.2 Å². The Bertz CT molecular complexity index is 324. The van der Waals surface area contributed by atoms with Gasteiger partial charge in [-0.1, -0.05) is 12.5 Å². The monoisotopic (exact) mass is 252 g/mol. The largest absolute Gasteiger partial charge is 0.395 e. The molecule has 2 rings (SSSR count). The first-order valence-electron chi connectivity index (χ1n) is 7.03. The van der Waals surface area contributed by atoms with Crippen molar-refractivity contribution < 1.29 is 9.90 Å². The van der Waals surface area contributed by atoms with Gasteiger partial charge in [0.15, 0.2) is 0 Å². The maximum Gasteiger partial charge on any atom is 0.240 e. The van der Waals surface area contributed by atoms with Crippen LogP contribution < -0.4 is 0 Å². The Kier molecular flexibility index (Phi) is 4.78. The Balaban J connectivity index is 1.87. The molecule has 0 aromatic heterocycles. The van der Waals surface area contributed by atoms with E-state index >= 15 is 0 Å². The number of hydrogen-bond donors (Lipinski definition) is 1. The quantitative estimate of drug-likeness (QED) is 0.776. The third-order valence-electron chi connectivity index (χ3n) is 4.14. The van der Waals surface area contributed by atoms with E-state index in [9.17, 15) is 4.79 Å². The Morgan fingerprint density at radius 1 is 1.44 bits per heavy atom. The highest BCUT2D eigenvalue weighted by atomic mass is 16.3. The number of carbonyl (C=O) groups is 1. The summed E-state index contributed by atoms with van der Waals surface area (Å²) in [6.45, 7) is 1.19. The molecule has 0 atom stereocenters. The van der Waals surface area contributed by atoms with Gasteiger partial charge in [0, 0.05) is 25.3 Å². The summed E-state index contributed by atoms with van der Waals surface area (Å²) in [7, 11) is 1.87. The molecule has 4 nitrogen and oxygen atoms in total. The first kappa shape index (κ1) is 13.6. The van der Waals surface area contributed by atoms with E-state index in [1.54, 1.807) is 4.90 Å². The number of carbonyl (C=O) groups excluding carboxylic acids is 1. The van der Waals surface area contributed by atoms with Crippen molar-refractivity contribution in [1.82, 2.24) is 9.80 Å². The average Bonchev–Trinajstić information content (AvgIpc) is 2.79. The molecule has 0 aromatic rings. The fourth-order valence-electron chi connectivity index (χ4n) is 2.67. The molecule has 1 amide bonds. The van der Waals surface area contributed by atoms with Crippen molar-refractivity contribution in [2.24, 2.45) is 0 Å². The molecule has 18 heavy (non-hydrogen) atoms. The summed E-state index contributed by atoms with van der Waals surface area (Å²) in [4.78, 5) is 16.2. The van der Waals surface area contributed by atoms with E-state index in [2.05, 4.69) is 11.0 Å². The zero-order valence-electron chi connectivity index (χ0n) is 11.3. The summed E-state index contributed by atoms with van der Waals surface area (Å²) in [6, 6.07) is 0.507. The van der Waals surface area contributed by atoms with E-state index in [4.69, 9.17) is 5.11 Å². The lowest BCUT2D eigenvalue weighted by atomic mass is 9.91. The second kappa shape index (κ2) is 6.34. The minimum Gasteiger partial charge on any atom is -0.395 e. The van der Waals surface area contributed by atoms with Crippen molar-refractivity contribution in [3.8, 4) is 0 Å². The molecule has 0 spiro atoms. The van der Waals surface area contributed by atoms with Gasteiger partial charge in [0.25, 0.3) is 0 Å². The number of amides is 1. The van der Waals surface area contributed by atoms with E-state index in [-0.39, 0.29) is 12.5 Å². The Morgan fingerprint density at radius 3 is 2.72 bits per heavy atom. The van der Waals surface area contributed by atoms with Gasteiger partial charge in [-0.05, 0) is 32.1 Å². The Hall–Kier alpha value is -0.870. The third kappa shape index (κ3) is 3.12. The molecule has 0 saturated heterocycles. The minimum atomic E-state index is 0.135. The van der Waals surface area contributed by atoms with Gasteiger partial charge in [-0.15, -0.1) is 0 Å². The molecule has 0 heterocycles. The van der Waals surface area contributed by atoms with Crippen molar-refractivity contribution in [2.45, 2.75) is 44.6 Å². The van der Waals surface area contributed by atoms with Gasteiger partial charge in [-0.3, -0.25) is 9.69 Å². The molecule has 0 aliphatic heterocycles. The molecule has 2 aliphatic carbocycles. The van der Waals surface area contributed by atoms with Crippen LogP contribution in [0.5, 0.6) is 0 Å². The molecule has 0 aromatic carbocycles. The predicted molar refractivity (Wildman–Crippen MR) is 71.0 cm³/mol. The van der Waals surface area contributed by atoms with E-state index in [1.807, 2.05) is 7.05 Å². The fourth-order valence-corrected chi connectivity index (χ4v) is 2.67. The molecule has 1 N–H and O–H groups in total. The highest BCUT2D eigenvalue weighted by molar-refractivity contribution is 5.79. The molecule has 2 aliphatic rings. The second-order valence-electron chi connectivity index (χ2n) is 5.32. The first-order chi connectivity index (χ1) is 8.72. The lowest BCUT2D eigenvalue weighted by Gasteiger charge is -2.37. The summed E-state index contributed by atoms with van der Waals surface area (Å²) in [5.41, 5.74) is 1.16. The van der Waals surface area contributed by atoms with Crippen LogP contribution in [0.4, 0.5) is 0 Å². The molecule has 102 valence electrons.